The van der Waals surface area contributed by atoms with Gasteiger partial charge in [-0.25, -0.2) is 9.97 Å². The molecule has 51 heavy (non-hydrogen) atoms. The van der Waals surface area contributed by atoms with Crippen LogP contribution in [0.5, 0.6) is 0 Å². The summed E-state index contributed by atoms with van der Waals surface area (Å²) < 4.78 is 10.7. The molecule has 1 aliphatic heterocycles. The van der Waals surface area contributed by atoms with Gasteiger partial charge in [-0.05, 0) is 64.5 Å². The number of Topliss-reactive ketones (excluding diaryl/α,β-unsaturated/α-hetero) is 1. The van der Waals surface area contributed by atoms with Gasteiger partial charge in [0.15, 0.2) is 11.9 Å². The number of carbonyl (C=O) groups excluding carboxylic acids is 5. The first kappa shape index (κ1) is 40.5. The van der Waals surface area contributed by atoms with Crippen LogP contribution < -0.4 is 5.32 Å². The summed E-state index contributed by atoms with van der Waals surface area (Å²) in [5, 5.41) is 7.90. The maximum Gasteiger partial charge on any atom is 0.308 e. The van der Waals surface area contributed by atoms with Crippen molar-refractivity contribution < 1.29 is 33.4 Å². The van der Waals surface area contributed by atoms with Crippen LogP contribution in [0.1, 0.15) is 111 Å². The van der Waals surface area contributed by atoms with Gasteiger partial charge in [0, 0.05) is 67.7 Å². The average Bonchev–Trinajstić information content (AvgIpc) is 3.65. The van der Waals surface area contributed by atoms with Gasteiger partial charge < -0.3 is 19.7 Å². The molecule has 3 heterocycles. The highest BCUT2D eigenvalue weighted by molar-refractivity contribution is 7.10. The van der Waals surface area contributed by atoms with Gasteiger partial charge >= 0.3 is 11.9 Å². The number of aryl methyl sites for hydroxylation is 1. The van der Waals surface area contributed by atoms with E-state index in [0.29, 0.717) is 17.8 Å². The number of likely N-dealkylation sites (N-methyl/N-ethyl adjacent to an activating group) is 1. The molecule has 2 aromatic heterocycles. The fraction of sp³-hybridized carbons (Fsp3) is 0.703. The minimum Gasteiger partial charge on any atom is -0.469 e. The molecule has 1 N–H and O–H groups in total. The van der Waals surface area contributed by atoms with Gasteiger partial charge in [0.2, 0.25) is 5.91 Å². The third-order valence-electron chi connectivity index (χ3n) is 10.1. The monoisotopic (exact) mass is 745 g/mol. The molecule has 4 rings (SSSR count). The van der Waals surface area contributed by atoms with Crippen LogP contribution in [-0.4, -0.2) is 95.2 Å². The van der Waals surface area contributed by atoms with Gasteiger partial charge in [0.25, 0.3) is 5.91 Å². The Balaban J connectivity index is 1.49. The van der Waals surface area contributed by atoms with Crippen LogP contribution in [0.25, 0.3) is 0 Å². The summed E-state index contributed by atoms with van der Waals surface area (Å²) in [4.78, 5) is 78.7. The van der Waals surface area contributed by atoms with Crippen molar-refractivity contribution in [2.45, 2.75) is 117 Å². The summed E-state index contributed by atoms with van der Waals surface area (Å²) in [7, 11) is 5.12. The molecule has 14 heteroatoms. The quantitative estimate of drug-likeness (QED) is 0.197. The Bertz CT molecular complexity index is 1520. The van der Waals surface area contributed by atoms with Crippen molar-refractivity contribution in [1.82, 2.24) is 25.1 Å². The molecule has 2 aromatic rings. The highest BCUT2D eigenvalue weighted by Crippen LogP contribution is 2.41. The molecular weight excluding hydrogens is 691 g/mol. The van der Waals surface area contributed by atoms with Crippen LogP contribution in [-0.2, 0) is 35.1 Å². The molecule has 2 fully saturated rings. The van der Waals surface area contributed by atoms with Crippen LogP contribution >= 0.6 is 22.7 Å². The molecule has 0 radical (unpaired) electrons. The van der Waals surface area contributed by atoms with Gasteiger partial charge in [-0.15, -0.1) is 22.7 Å². The van der Waals surface area contributed by atoms with E-state index < -0.39 is 29.9 Å². The molecule has 1 saturated carbocycles. The number of aromatic nitrogens is 2. The molecule has 2 aliphatic rings. The highest BCUT2D eigenvalue weighted by atomic mass is 32.1. The number of likely N-dealkylation sites (tertiary alicyclic amines) is 1. The van der Waals surface area contributed by atoms with Crippen molar-refractivity contribution in [3.05, 3.63) is 32.2 Å². The summed E-state index contributed by atoms with van der Waals surface area (Å²) in [6, 6.07) is -0.851. The number of esters is 2. The Morgan fingerprint density at radius 3 is 2.35 bits per heavy atom. The molecule has 1 aliphatic carbocycles. The van der Waals surface area contributed by atoms with E-state index in [2.05, 4.69) is 20.2 Å². The second-order valence-corrected chi connectivity index (χ2v) is 16.5. The van der Waals surface area contributed by atoms with E-state index in [4.69, 9.17) is 9.47 Å². The molecule has 2 amide bonds. The van der Waals surface area contributed by atoms with E-state index in [9.17, 15) is 24.0 Å². The first-order valence-electron chi connectivity index (χ1n) is 18.1. The van der Waals surface area contributed by atoms with E-state index >= 15 is 0 Å². The van der Waals surface area contributed by atoms with Crippen molar-refractivity contribution in [2.24, 2.45) is 23.7 Å². The second kappa shape index (κ2) is 18.5. The van der Waals surface area contributed by atoms with Gasteiger partial charge in [0.05, 0.1) is 24.1 Å². The SMILES string of the molecule is COC(=O)[C@@H](C)C[C@H](Cc1nc(C)cs1)NC(=O)c1csc([C@@H](C[C@H](C(C)C)N(C)C(=O)[C@@H](CC(=O)[C@H]2CCCCN2C)C2CC2)OC(C)=O)n1. The number of nitrogens with one attached hydrogen (secondary N) is 1. The van der Waals surface area contributed by atoms with Crippen LogP contribution in [0.15, 0.2) is 10.8 Å². The minimum absolute atomic E-state index is 0.00632. The molecule has 12 nitrogen and oxygen atoms in total. The van der Waals surface area contributed by atoms with Crippen LogP contribution in [0, 0.1) is 30.6 Å². The third-order valence-corrected chi connectivity index (χ3v) is 12.1. The largest absolute Gasteiger partial charge is 0.469 e. The Morgan fingerprint density at radius 1 is 1.04 bits per heavy atom. The normalized spacial score (nSPS) is 19.4. The molecule has 6 atom stereocenters. The topological polar surface area (TPSA) is 148 Å². The summed E-state index contributed by atoms with van der Waals surface area (Å²) in [6.45, 7) is 9.93. The maximum absolute atomic E-state index is 14.1. The van der Waals surface area contributed by atoms with Crippen LogP contribution in [0.2, 0.25) is 0 Å². The standard InChI is InChI=1S/C37H55N5O7S2/c1-21(2)30(42(7)36(46)27(25-12-13-25)17-31(44)29-11-9-10-14-41(29)6)18-32(49-24(5)43)35-40-28(20-51-35)34(45)39-26(15-22(3)37(47)48-8)16-33-38-23(4)19-50-33/h19-22,25-27,29-30,32H,9-18H2,1-8H3,(H,39,45)/t22-,26+,27-,29+,30+,32+/m0/s1. The Kier molecular flexibility index (Phi) is 14.7. The summed E-state index contributed by atoms with van der Waals surface area (Å²) in [5.74, 6) is -1.78. The summed E-state index contributed by atoms with van der Waals surface area (Å²) in [6.07, 6.45) is 5.36. The zero-order valence-electron chi connectivity index (χ0n) is 31.3. The van der Waals surface area contributed by atoms with E-state index in [1.165, 1.54) is 36.7 Å². The lowest BCUT2D eigenvalue weighted by molar-refractivity contribution is -0.149. The Morgan fingerprint density at radius 2 is 1.76 bits per heavy atom. The Labute approximate surface area is 310 Å². The molecule has 0 bridgehead atoms. The summed E-state index contributed by atoms with van der Waals surface area (Å²) >= 11 is 2.71. The maximum atomic E-state index is 14.1. The number of nitrogens with zero attached hydrogens (tertiary/aromatic N) is 4. The molecule has 0 unspecified atom stereocenters. The number of ether oxygens (including phenoxy) is 2. The van der Waals surface area contributed by atoms with Gasteiger partial charge in [-0.2, -0.15) is 0 Å². The smallest absolute Gasteiger partial charge is 0.308 e. The fourth-order valence-corrected chi connectivity index (χ4v) is 8.83. The molecule has 282 valence electrons. The Hall–Kier alpha value is -3.23. The van der Waals surface area contributed by atoms with Crippen molar-refractivity contribution in [1.29, 1.82) is 0 Å². The lowest BCUT2D eigenvalue weighted by Crippen LogP contribution is -2.47. The highest BCUT2D eigenvalue weighted by Gasteiger charge is 2.42. The zero-order valence-corrected chi connectivity index (χ0v) is 32.9. The van der Waals surface area contributed by atoms with Crippen molar-refractivity contribution in [2.75, 3.05) is 27.7 Å². The molecule has 0 spiro atoms. The summed E-state index contributed by atoms with van der Waals surface area (Å²) in [5.41, 5.74) is 1.06. The lowest BCUT2D eigenvalue weighted by Gasteiger charge is -2.36. The van der Waals surface area contributed by atoms with E-state index in [1.807, 2.05) is 33.2 Å². The zero-order chi connectivity index (χ0) is 37.4. The fourth-order valence-electron chi connectivity index (χ4n) is 7.13. The number of carbonyl (C=O) groups is 5. The second-order valence-electron chi connectivity index (χ2n) is 14.7. The number of thiazole rings is 2. The molecule has 0 aromatic carbocycles. The first-order valence-corrected chi connectivity index (χ1v) is 19.9. The molecular formula is C37H55N5O7S2. The number of hydrogen-bond donors (Lipinski definition) is 1. The number of rotatable bonds is 18. The van der Waals surface area contributed by atoms with E-state index in [1.54, 1.807) is 24.3 Å². The lowest BCUT2D eigenvalue weighted by atomic mass is 9.88. The minimum atomic E-state index is -0.790. The predicted molar refractivity (Wildman–Crippen MR) is 196 cm³/mol. The number of amides is 2. The van der Waals surface area contributed by atoms with Crippen molar-refractivity contribution in [3.8, 4) is 0 Å². The number of methoxy groups -OCH3 is 1. The van der Waals surface area contributed by atoms with Crippen molar-refractivity contribution in [3.63, 3.8) is 0 Å². The number of hydrogen-bond acceptors (Lipinski definition) is 12. The molecule has 1 saturated heterocycles. The number of ketones is 1. The predicted octanol–water partition coefficient (Wildman–Crippen LogP) is 5.40. The van der Waals surface area contributed by atoms with Gasteiger partial charge in [-0.1, -0.05) is 27.2 Å². The van der Waals surface area contributed by atoms with E-state index in [-0.39, 0.29) is 66.0 Å². The third kappa shape index (κ3) is 11.4. The average molecular weight is 746 g/mol. The first-order chi connectivity index (χ1) is 24.2. The van der Waals surface area contributed by atoms with Crippen LogP contribution in [0.3, 0.4) is 0 Å². The van der Waals surface area contributed by atoms with Crippen molar-refractivity contribution >= 4 is 52.2 Å². The van der Waals surface area contributed by atoms with E-state index in [0.717, 1.165) is 49.4 Å². The van der Waals surface area contributed by atoms with Gasteiger partial charge in [0.1, 0.15) is 10.7 Å². The van der Waals surface area contributed by atoms with Crippen LogP contribution in [0.4, 0.5) is 0 Å². The van der Waals surface area contributed by atoms with Gasteiger partial charge in [-0.3, -0.25) is 28.9 Å². The number of piperidine rings is 1.